The zero-order valence-electron chi connectivity index (χ0n) is 33.6. The molecule has 2 aromatic rings. The molecular weight excluding hydrogens is 672 g/mol. The molecule has 2 atom stereocenters. The minimum atomic E-state index is -0.425. The van der Waals surface area contributed by atoms with E-state index in [4.69, 9.17) is 37.6 Å². The van der Waals surface area contributed by atoms with E-state index < -0.39 is 18.3 Å². The van der Waals surface area contributed by atoms with Crippen LogP contribution in [0.1, 0.15) is 61.3 Å². The third-order valence-electron chi connectivity index (χ3n) is 12.2. The van der Waals surface area contributed by atoms with Crippen LogP contribution in [0.2, 0.25) is 0 Å². The molecule has 4 saturated heterocycles. The summed E-state index contributed by atoms with van der Waals surface area (Å²) in [5, 5.41) is 0. The number of methoxy groups -OCH3 is 1. The second-order valence-electron chi connectivity index (χ2n) is 16.8. The van der Waals surface area contributed by atoms with Crippen molar-refractivity contribution >= 4 is 25.2 Å². The van der Waals surface area contributed by atoms with Crippen LogP contribution in [0.4, 0.5) is 0 Å². The quantitative estimate of drug-likeness (QED) is 0.188. The van der Waals surface area contributed by atoms with Crippen molar-refractivity contribution in [1.82, 2.24) is 14.7 Å². The van der Waals surface area contributed by atoms with Gasteiger partial charge in [0, 0.05) is 66.0 Å². The molecule has 0 spiro atoms. The van der Waals surface area contributed by atoms with Crippen LogP contribution >= 0.6 is 0 Å². The van der Waals surface area contributed by atoms with Gasteiger partial charge in [0.25, 0.3) is 0 Å². The standard InChI is InChI=1S/C40H63B2N3O8/c1-37(2)38(3,4)51-41(50-37)32-10-14-34(15-11-32)48-27-9-19-43-21-23-44(24-22-43)20-18-40(7)39(5,6)52-42(53-40)33-12-16-35(17-13-33)49-31-36(46-8)30-45-25-28-47-29-26-45/h10-17,36H,9,18-31H2,1-8H3. The van der Waals surface area contributed by atoms with E-state index in [9.17, 15) is 0 Å². The van der Waals surface area contributed by atoms with E-state index in [0.717, 1.165) is 107 Å². The first-order valence-electron chi connectivity index (χ1n) is 19.7. The summed E-state index contributed by atoms with van der Waals surface area (Å²) in [7, 11) is 0.980. The van der Waals surface area contributed by atoms with Crippen molar-refractivity contribution in [2.75, 3.05) is 92.4 Å². The molecular formula is C40H63B2N3O8. The Morgan fingerprint density at radius 1 is 0.623 bits per heavy atom. The zero-order valence-corrected chi connectivity index (χ0v) is 33.6. The van der Waals surface area contributed by atoms with Crippen molar-refractivity contribution < 1.29 is 37.6 Å². The molecule has 0 amide bonds. The number of hydrogen-bond acceptors (Lipinski definition) is 11. The van der Waals surface area contributed by atoms with Gasteiger partial charge in [-0.15, -0.1) is 0 Å². The van der Waals surface area contributed by atoms with Crippen LogP contribution < -0.4 is 20.4 Å². The molecule has 2 aromatic carbocycles. The molecule has 0 aliphatic carbocycles. The Morgan fingerprint density at radius 3 is 1.70 bits per heavy atom. The molecule has 0 bridgehead atoms. The van der Waals surface area contributed by atoms with E-state index in [0.29, 0.717) is 13.2 Å². The highest BCUT2D eigenvalue weighted by atomic mass is 16.7. The number of benzene rings is 2. The molecule has 0 N–H and O–H groups in total. The molecule has 0 radical (unpaired) electrons. The van der Waals surface area contributed by atoms with Crippen molar-refractivity contribution in [2.45, 2.75) is 89.8 Å². The van der Waals surface area contributed by atoms with Gasteiger partial charge in [0.2, 0.25) is 0 Å². The predicted octanol–water partition coefficient (Wildman–Crippen LogP) is 3.47. The Balaban J connectivity index is 0.874. The number of morpholine rings is 1. The number of rotatable bonds is 16. The Labute approximate surface area is 319 Å². The molecule has 4 heterocycles. The molecule has 0 aromatic heterocycles. The normalized spacial score (nSPS) is 25.5. The lowest BCUT2D eigenvalue weighted by atomic mass is 9.79. The molecule has 0 saturated carbocycles. The average molecular weight is 736 g/mol. The maximum atomic E-state index is 6.69. The molecule has 11 nitrogen and oxygen atoms in total. The van der Waals surface area contributed by atoms with Gasteiger partial charge in [-0.2, -0.15) is 0 Å². The minimum absolute atomic E-state index is 0.00330. The summed E-state index contributed by atoms with van der Waals surface area (Å²) in [6, 6.07) is 16.2. The maximum absolute atomic E-state index is 6.69. The summed E-state index contributed by atoms with van der Waals surface area (Å²) in [5.74, 6) is 1.69. The predicted molar refractivity (Wildman–Crippen MR) is 210 cm³/mol. The second-order valence-corrected chi connectivity index (χ2v) is 16.8. The van der Waals surface area contributed by atoms with Crippen molar-refractivity contribution in [1.29, 1.82) is 0 Å². The Bertz CT molecular complexity index is 1420. The maximum Gasteiger partial charge on any atom is 0.494 e. The highest BCUT2D eigenvalue weighted by Gasteiger charge is 2.54. The molecule has 2 unspecified atom stereocenters. The molecule has 292 valence electrons. The zero-order chi connectivity index (χ0) is 37.7. The lowest BCUT2D eigenvalue weighted by molar-refractivity contribution is -0.0242. The van der Waals surface area contributed by atoms with Gasteiger partial charge in [-0.1, -0.05) is 24.3 Å². The van der Waals surface area contributed by atoms with E-state index in [2.05, 4.69) is 75.3 Å². The van der Waals surface area contributed by atoms with Gasteiger partial charge in [-0.25, -0.2) is 0 Å². The third-order valence-corrected chi connectivity index (χ3v) is 12.2. The first-order valence-corrected chi connectivity index (χ1v) is 19.7. The summed E-state index contributed by atoms with van der Waals surface area (Å²) in [6.45, 7) is 26.5. The average Bonchev–Trinajstić information content (AvgIpc) is 3.53. The van der Waals surface area contributed by atoms with Gasteiger partial charge in [0.05, 0.1) is 42.2 Å². The molecule has 6 rings (SSSR count). The van der Waals surface area contributed by atoms with Crippen LogP contribution in [0.3, 0.4) is 0 Å². The lowest BCUT2D eigenvalue weighted by Gasteiger charge is -2.40. The van der Waals surface area contributed by atoms with Crippen molar-refractivity contribution in [2.24, 2.45) is 0 Å². The number of nitrogens with zero attached hydrogens (tertiary/aromatic N) is 3. The summed E-state index contributed by atoms with van der Waals surface area (Å²) < 4.78 is 48.9. The van der Waals surface area contributed by atoms with Gasteiger partial charge in [-0.3, -0.25) is 4.90 Å². The molecule has 53 heavy (non-hydrogen) atoms. The monoisotopic (exact) mass is 735 g/mol. The van der Waals surface area contributed by atoms with E-state index in [-0.39, 0.29) is 24.4 Å². The van der Waals surface area contributed by atoms with Crippen LogP contribution in [0.15, 0.2) is 48.5 Å². The first-order chi connectivity index (χ1) is 25.3. The van der Waals surface area contributed by atoms with Crippen molar-refractivity contribution in [3.8, 4) is 11.5 Å². The fraction of sp³-hybridized carbons (Fsp3) is 0.700. The van der Waals surface area contributed by atoms with Gasteiger partial charge in [-0.05, 0) is 96.5 Å². The van der Waals surface area contributed by atoms with E-state index in [1.165, 1.54) is 0 Å². The fourth-order valence-electron chi connectivity index (χ4n) is 7.25. The van der Waals surface area contributed by atoms with E-state index in [1.807, 2.05) is 36.4 Å². The van der Waals surface area contributed by atoms with Crippen LogP contribution in [-0.2, 0) is 28.1 Å². The second kappa shape index (κ2) is 17.3. The Morgan fingerprint density at radius 2 is 1.13 bits per heavy atom. The SMILES string of the molecule is COC(COc1ccc(B2OC(C)(C)C(C)(CCN3CCN(CCCOc4ccc(B5OC(C)(C)C(C)(C)O5)cc4)CC3)O2)cc1)CN1CCOCC1. The smallest absolute Gasteiger partial charge is 0.494 e. The van der Waals surface area contributed by atoms with Gasteiger partial charge < -0.3 is 47.4 Å². The van der Waals surface area contributed by atoms with Gasteiger partial charge in [0.15, 0.2) is 0 Å². The highest BCUT2D eigenvalue weighted by molar-refractivity contribution is 6.62. The molecule has 4 aliphatic rings. The topological polar surface area (TPSA) is 83.6 Å². The summed E-state index contributed by atoms with van der Waals surface area (Å²) in [5.41, 5.74) is 0.493. The molecule has 4 aliphatic heterocycles. The lowest BCUT2D eigenvalue weighted by Crippen LogP contribution is -2.50. The van der Waals surface area contributed by atoms with E-state index >= 15 is 0 Å². The Hall–Kier alpha value is -2.19. The largest absolute Gasteiger partial charge is 0.494 e. The first kappa shape index (κ1) is 40.5. The number of piperazine rings is 1. The summed E-state index contributed by atoms with van der Waals surface area (Å²) >= 11 is 0. The van der Waals surface area contributed by atoms with Gasteiger partial charge in [0.1, 0.15) is 24.2 Å². The van der Waals surface area contributed by atoms with Gasteiger partial charge >= 0.3 is 14.2 Å². The number of ether oxygens (including phenoxy) is 4. The van der Waals surface area contributed by atoms with Crippen LogP contribution in [0.5, 0.6) is 11.5 Å². The van der Waals surface area contributed by atoms with E-state index in [1.54, 1.807) is 7.11 Å². The Kier molecular flexibility index (Phi) is 13.2. The highest BCUT2D eigenvalue weighted by Crippen LogP contribution is 2.40. The third kappa shape index (κ3) is 10.2. The fourth-order valence-corrected chi connectivity index (χ4v) is 7.25. The van der Waals surface area contributed by atoms with Crippen molar-refractivity contribution in [3.05, 3.63) is 48.5 Å². The van der Waals surface area contributed by atoms with Crippen LogP contribution in [-0.4, -0.2) is 150 Å². The molecule has 13 heteroatoms. The van der Waals surface area contributed by atoms with Crippen LogP contribution in [0.25, 0.3) is 0 Å². The molecule has 4 fully saturated rings. The minimum Gasteiger partial charge on any atom is -0.494 e. The van der Waals surface area contributed by atoms with Crippen molar-refractivity contribution in [3.63, 3.8) is 0 Å². The van der Waals surface area contributed by atoms with Crippen LogP contribution in [0, 0.1) is 0 Å². The summed E-state index contributed by atoms with van der Waals surface area (Å²) in [6.07, 6.45) is 1.90. The number of hydrogen-bond donors (Lipinski definition) is 0. The summed E-state index contributed by atoms with van der Waals surface area (Å²) in [4.78, 5) is 7.47.